The Labute approximate surface area is 96.5 Å². The minimum atomic E-state index is 0.00136. The minimum Gasteiger partial charge on any atom is -0.372 e. The van der Waals surface area contributed by atoms with Gasteiger partial charge in [0, 0.05) is 18.0 Å². The van der Waals surface area contributed by atoms with Crippen molar-refractivity contribution in [2.24, 2.45) is 0 Å². The van der Waals surface area contributed by atoms with Crippen LogP contribution in [-0.4, -0.2) is 30.5 Å². The Morgan fingerprint density at radius 3 is 2.67 bits per heavy atom. The molecule has 0 atom stereocenters. The number of hydrogen-bond acceptors (Lipinski definition) is 2. The molecule has 0 aliphatic heterocycles. The molecule has 0 radical (unpaired) electrons. The van der Waals surface area contributed by atoms with Crippen molar-refractivity contribution in [1.29, 1.82) is 0 Å². The summed E-state index contributed by atoms with van der Waals surface area (Å²) in [5.41, 5.74) is 0. The van der Waals surface area contributed by atoms with Crippen LogP contribution >= 0.6 is 11.6 Å². The lowest BCUT2D eigenvalue weighted by atomic mass is 9.95. The maximum absolute atomic E-state index is 11.4. The topological polar surface area (TPSA) is 38.3 Å². The average molecular weight is 234 g/mol. The maximum Gasteiger partial charge on any atom is 0.246 e. The molecule has 0 spiro atoms. The number of carbonyl (C=O) groups excluding carboxylic acids is 1. The highest BCUT2D eigenvalue weighted by Gasteiger charge is 2.20. The molecule has 1 saturated carbocycles. The van der Waals surface area contributed by atoms with Crippen molar-refractivity contribution in [1.82, 2.24) is 5.32 Å². The third-order valence-electron chi connectivity index (χ3n) is 2.60. The summed E-state index contributed by atoms with van der Waals surface area (Å²) in [5.74, 6) is 0.00136. The number of alkyl halides is 1. The number of carbonyl (C=O) groups is 1. The third-order valence-corrected chi connectivity index (χ3v) is 3.04. The van der Waals surface area contributed by atoms with Gasteiger partial charge in [-0.25, -0.2) is 0 Å². The van der Waals surface area contributed by atoms with E-state index in [-0.39, 0.29) is 12.5 Å². The van der Waals surface area contributed by atoms with E-state index in [2.05, 4.69) is 5.32 Å². The molecule has 0 heterocycles. The highest BCUT2D eigenvalue weighted by molar-refractivity contribution is 6.20. The fraction of sp³-hybridized carbons (Fsp3) is 0.909. The van der Waals surface area contributed by atoms with Crippen LogP contribution in [-0.2, 0) is 9.53 Å². The summed E-state index contributed by atoms with van der Waals surface area (Å²) in [5, 5.41) is 3.28. The monoisotopic (exact) mass is 233 g/mol. The van der Waals surface area contributed by atoms with Crippen LogP contribution in [0.25, 0.3) is 0 Å². The molecule has 1 fully saturated rings. The Bertz CT molecular complexity index is 191. The fourth-order valence-corrected chi connectivity index (χ4v) is 2.03. The van der Waals surface area contributed by atoms with E-state index < -0.39 is 0 Å². The lowest BCUT2D eigenvalue weighted by Gasteiger charge is -2.25. The molecule has 1 aliphatic carbocycles. The number of rotatable bonds is 5. The summed E-state index contributed by atoms with van der Waals surface area (Å²) in [7, 11) is 0. The van der Waals surface area contributed by atoms with E-state index in [0.29, 0.717) is 18.0 Å². The van der Waals surface area contributed by atoms with Crippen LogP contribution in [0.5, 0.6) is 0 Å². The average Bonchev–Trinajstić information content (AvgIpc) is 2.22. The summed E-state index contributed by atoms with van der Waals surface area (Å²) in [4.78, 5) is 11.4. The second-order valence-electron chi connectivity index (χ2n) is 4.07. The van der Waals surface area contributed by atoms with Gasteiger partial charge < -0.3 is 10.1 Å². The Kier molecular flexibility index (Phi) is 6.03. The van der Waals surface area contributed by atoms with E-state index in [1.807, 2.05) is 6.92 Å². The highest BCUT2D eigenvalue weighted by atomic mass is 35.5. The second kappa shape index (κ2) is 7.07. The zero-order chi connectivity index (χ0) is 11.1. The third kappa shape index (κ3) is 5.38. The van der Waals surface area contributed by atoms with Crippen LogP contribution in [0, 0.1) is 0 Å². The first-order valence-electron chi connectivity index (χ1n) is 5.73. The van der Waals surface area contributed by atoms with Gasteiger partial charge in [-0.15, -0.1) is 11.6 Å². The first-order chi connectivity index (χ1) is 7.22. The second-order valence-corrected chi connectivity index (χ2v) is 4.69. The van der Waals surface area contributed by atoms with Crippen molar-refractivity contribution < 1.29 is 9.53 Å². The molecule has 0 aromatic heterocycles. The minimum absolute atomic E-state index is 0.00136. The van der Waals surface area contributed by atoms with E-state index in [4.69, 9.17) is 16.3 Å². The van der Waals surface area contributed by atoms with Gasteiger partial charge in [-0.1, -0.05) is 6.92 Å². The van der Waals surface area contributed by atoms with Gasteiger partial charge in [-0.3, -0.25) is 4.79 Å². The van der Waals surface area contributed by atoms with Gasteiger partial charge in [0.2, 0.25) is 5.91 Å². The Morgan fingerprint density at radius 2 is 2.07 bits per heavy atom. The van der Waals surface area contributed by atoms with Gasteiger partial charge in [-0.2, -0.15) is 0 Å². The largest absolute Gasteiger partial charge is 0.372 e. The Hall–Kier alpha value is -0.280. The number of hydrogen-bond donors (Lipinski definition) is 1. The van der Waals surface area contributed by atoms with Crippen LogP contribution in [0.2, 0.25) is 0 Å². The molecule has 0 aromatic rings. The van der Waals surface area contributed by atoms with Gasteiger partial charge in [0.15, 0.2) is 0 Å². The maximum atomic E-state index is 11.4. The Morgan fingerprint density at radius 1 is 1.40 bits per heavy atom. The summed E-state index contributed by atoms with van der Waals surface area (Å²) < 4.78 is 5.17. The van der Waals surface area contributed by atoms with Crippen molar-refractivity contribution in [3.8, 4) is 0 Å². The molecule has 3 nitrogen and oxygen atoms in total. The molecule has 0 bridgehead atoms. The molecule has 0 saturated heterocycles. The molecule has 15 heavy (non-hydrogen) atoms. The Balaban J connectivity index is 2.09. The first-order valence-corrected chi connectivity index (χ1v) is 6.17. The molecule has 4 heteroatoms. The summed E-state index contributed by atoms with van der Waals surface area (Å²) in [6, 6.07) is 0.303. The first kappa shape index (κ1) is 12.8. The van der Waals surface area contributed by atoms with Crippen LogP contribution in [0.1, 0.15) is 39.0 Å². The van der Waals surface area contributed by atoms with Crippen LogP contribution in [0.4, 0.5) is 0 Å². The molecule has 1 aliphatic rings. The van der Waals surface area contributed by atoms with Crippen molar-refractivity contribution in [3.05, 3.63) is 0 Å². The SMILES string of the molecule is CCCOCC(=O)NC1CCC(Cl)CC1. The molecule has 88 valence electrons. The molecular weight excluding hydrogens is 214 g/mol. The van der Waals surface area contributed by atoms with Crippen LogP contribution in [0.3, 0.4) is 0 Å². The van der Waals surface area contributed by atoms with Crippen molar-refractivity contribution in [2.75, 3.05) is 13.2 Å². The number of halogens is 1. The molecule has 0 unspecified atom stereocenters. The lowest BCUT2D eigenvalue weighted by Crippen LogP contribution is -2.39. The van der Waals surface area contributed by atoms with E-state index in [0.717, 1.165) is 32.1 Å². The van der Waals surface area contributed by atoms with Crippen LogP contribution in [0.15, 0.2) is 0 Å². The zero-order valence-corrected chi connectivity index (χ0v) is 10.1. The van der Waals surface area contributed by atoms with E-state index in [9.17, 15) is 4.79 Å². The zero-order valence-electron chi connectivity index (χ0n) is 9.30. The summed E-state index contributed by atoms with van der Waals surface area (Å²) in [6.07, 6.45) is 4.94. The van der Waals surface area contributed by atoms with E-state index >= 15 is 0 Å². The molecular formula is C11H20ClNO2. The molecule has 1 amide bonds. The summed E-state index contributed by atoms with van der Waals surface area (Å²) >= 11 is 5.98. The van der Waals surface area contributed by atoms with Crippen molar-refractivity contribution in [3.63, 3.8) is 0 Å². The predicted molar refractivity (Wildman–Crippen MR) is 61.1 cm³/mol. The smallest absolute Gasteiger partial charge is 0.246 e. The molecule has 0 aromatic carbocycles. The number of ether oxygens (including phenoxy) is 1. The van der Waals surface area contributed by atoms with Crippen molar-refractivity contribution in [2.45, 2.75) is 50.4 Å². The van der Waals surface area contributed by atoms with E-state index in [1.165, 1.54) is 0 Å². The van der Waals surface area contributed by atoms with Gasteiger partial charge in [0.05, 0.1) is 0 Å². The van der Waals surface area contributed by atoms with Gasteiger partial charge in [0.25, 0.3) is 0 Å². The standard InChI is InChI=1S/C11H20ClNO2/c1-2-7-15-8-11(14)13-10-5-3-9(12)4-6-10/h9-10H,2-8H2,1H3,(H,13,14). The normalized spacial score (nSPS) is 26.3. The number of nitrogens with one attached hydrogen (secondary N) is 1. The van der Waals surface area contributed by atoms with E-state index in [1.54, 1.807) is 0 Å². The van der Waals surface area contributed by atoms with Gasteiger partial charge in [-0.05, 0) is 32.1 Å². The van der Waals surface area contributed by atoms with Crippen molar-refractivity contribution >= 4 is 17.5 Å². The quantitative estimate of drug-likeness (QED) is 0.583. The number of amides is 1. The van der Waals surface area contributed by atoms with Crippen LogP contribution < -0.4 is 5.32 Å². The lowest BCUT2D eigenvalue weighted by molar-refractivity contribution is -0.126. The van der Waals surface area contributed by atoms with Gasteiger partial charge >= 0.3 is 0 Å². The fourth-order valence-electron chi connectivity index (χ4n) is 1.78. The highest BCUT2D eigenvalue weighted by Crippen LogP contribution is 2.22. The van der Waals surface area contributed by atoms with Gasteiger partial charge in [0.1, 0.15) is 6.61 Å². The molecule has 1 N–H and O–H groups in total. The predicted octanol–water partition coefficient (Wildman–Crippen LogP) is 2.08. The summed E-state index contributed by atoms with van der Waals surface area (Å²) in [6.45, 7) is 2.87. The molecule has 1 rings (SSSR count).